The molecule has 0 spiro atoms. The molecular formula is C24H16Br2Cl2N2O3. The van der Waals surface area contributed by atoms with E-state index in [1.165, 1.54) is 13.2 Å². The van der Waals surface area contributed by atoms with Crippen molar-refractivity contribution in [3.8, 4) is 17.6 Å². The van der Waals surface area contributed by atoms with Crippen LogP contribution in [0.3, 0.4) is 0 Å². The topological polar surface area (TPSA) is 71.3 Å². The summed E-state index contributed by atoms with van der Waals surface area (Å²) < 4.78 is 12.8. The highest BCUT2D eigenvalue weighted by Crippen LogP contribution is 2.35. The first kappa shape index (κ1) is 25.1. The Morgan fingerprint density at radius 3 is 2.45 bits per heavy atom. The Morgan fingerprint density at radius 1 is 1.09 bits per heavy atom. The van der Waals surface area contributed by atoms with E-state index in [1.807, 2.05) is 6.07 Å². The van der Waals surface area contributed by atoms with Gasteiger partial charge in [-0.05, 0) is 60.2 Å². The van der Waals surface area contributed by atoms with E-state index in [0.717, 1.165) is 10.0 Å². The number of carbonyl (C=O) groups excluding carboxylic acids is 1. The molecule has 33 heavy (non-hydrogen) atoms. The molecule has 1 amide bonds. The van der Waals surface area contributed by atoms with Gasteiger partial charge in [0.05, 0.1) is 7.11 Å². The summed E-state index contributed by atoms with van der Waals surface area (Å²) in [7, 11) is 1.50. The fourth-order valence-corrected chi connectivity index (χ4v) is 3.93. The average molecular weight is 611 g/mol. The van der Waals surface area contributed by atoms with Crippen molar-refractivity contribution >= 4 is 72.7 Å². The molecule has 3 rings (SSSR count). The van der Waals surface area contributed by atoms with Crippen LogP contribution in [-0.2, 0) is 11.4 Å². The first-order chi connectivity index (χ1) is 15.8. The lowest BCUT2D eigenvalue weighted by Gasteiger charge is -2.14. The van der Waals surface area contributed by atoms with E-state index < -0.39 is 5.91 Å². The molecule has 0 bridgehead atoms. The summed E-state index contributed by atoms with van der Waals surface area (Å²) in [5, 5.41) is 13.3. The van der Waals surface area contributed by atoms with Crippen molar-refractivity contribution in [2.24, 2.45) is 0 Å². The largest absolute Gasteiger partial charge is 0.493 e. The van der Waals surface area contributed by atoms with E-state index >= 15 is 0 Å². The fourth-order valence-electron chi connectivity index (χ4n) is 2.76. The monoisotopic (exact) mass is 608 g/mol. The van der Waals surface area contributed by atoms with E-state index in [-0.39, 0.29) is 12.2 Å². The number of anilines is 1. The molecule has 0 heterocycles. The summed E-state index contributed by atoms with van der Waals surface area (Å²) in [5.41, 5.74) is 1.85. The second-order valence-electron chi connectivity index (χ2n) is 6.68. The van der Waals surface area contributed by atoms with Crippen molar-refractivity contribution in [1.29, 1.82) is 5.26 Å². The van der Waals surface area contributed by atoms with E-state index in [4.69, 9.17) is 32.7 Å². The summed E-state index contributed by atoms with van der Waals surface area (Å²) >= 11 is 19.0. The molecule has 0 fully saturated rings. The predicted molar refractivity (Wildman–Crippen MR) is 138 cm³/mol. The Balaban J connectivity index is 1.82. The quantitative estimate of drug-likeness (QED) is 0.220. The van der Waals surface area contributed by atoms with Gasteiger partial charge in [0.15, 0.2) is 11.5 Å². The zero-order chi connectivity index (χ0) is 24.0. The predicted octanol–water partition coefficient (Wildman–Crippen LogP) is 7.65. The Hall–Kier alpha value is -2.50. The maximum atomic E-state index is 12.6. The molecule has 3 aromatic carbocycles. The van der Waals surface area contributed by atoms with Gasteiger partial charge in [0.1, 0.15) is 18.2 Å². The molecule has 0 aliphatic carbocycles. The van der Waals surface area contributed by atoms with Crippen molar-refractivity contribution in [3.63, 3.8) is 0 Å². The Bertz CT molecular complexity index is 1260. The van der Waals surface area contributed by atoms with Crippen LogP contribution in [0.1, 0.15) is 11.1 Å². The third-order valence-electron chi connectivity index (χ3n) is 4.45. The number of amides is 1. The van der Waals surface area contributed by atoms with Gasteiger partial charge >= 0.3 is 0 Å². The van der Waals surface area contributed by atoms with Crippen LogP contribution in [0.15, 0.2) is 69.1 Å². The molecule has 0 atom stereocenters. The van der Waals surface area contributed by atoms with E-state index in [1.54, 1.807) is 54.6 Å². The second kappa shape index (κ2) is 11.6. The lowest BCUT2D eigenvalue weighted by atomic mass is 10.1. The highest BCUT2D eigenvalue weighted by atomic mass is 79.9. The van der Waals surface area contributed by atoms with Crippen molar-refractivity contribution in [2.75, 3.05) is 12.4 Å². The Kier molecular flexibility index (Phi) is 8.81. The molecule has 0 aromatic heterocycles. The number of nitrogens with zero attached hydrogens (tertiary/aromatic N) is 1. The van der Waals surface area contributed by atoms with Crippen LogP contribution < -0.4 is 14.8 Å². The Morgan fingerprint density at radius 2 is 1.82 bits per heavy atom. The third kappa shape index (κ3) is 6.75. The van der Waals surface area contributed by atoms with E-state index in [0.29, 0.717) is 37.3 Å². The standard InChI is InChI=1S/C24H16Br2Cl2N2O3/c1-32-22-9-15(8-16(12-29)24(31)30-19-6-3-17(25)4-7-19)20(26)11-23(22)33-13-14-2-5-18(27)10-21(14)28/h2-11H,13H2,1H3,(H,30,31). The van der Waals surface area contributed by atoms with Crippen LogP contribution in [0.5, 0.6) is 11.5 Å². The van der Waals surface area contributed by atoms with Crippen LogP contribution >= 0.6 is 55.1 Å². The number of benzene rings is 3. The minimum atomic E-state index is -0.525. The van der Waals surface area contributed by atoms with Crippen molar-refractivity contribution in [3.05, 3.63) is 90.3 Å². The summed E-state index contributed by atoms with van der Waals surface area (Å²) in [5.74, 6) is 0.369. The summed E-state index contributed by atoms with van der Waals surface area (Å²) in [4.78, 5) is 12.6. The molecule has 0 unspecified atom stereocenters. The maximum Gasteiger partial charge on any atom is 0.266 e. The lowest BCUT2D eigenvalue weighted by molar-refractivity contribution is -0.112. The summed E-state index contributed by atoms with van der Waals surface area (Å²) in [6.45, 7) is 0.201. The fraction of sp³-hybridized carbons (Fsp3) is 0.0833. The summed E-state index contributed by atoms with van der Waals surface area (Å²) in [6.07, 6.45) is 1.47. The second-order valence-corrected chi connectivity index (χ2v) is 9.29. The van der Waals surface area contributed by atoms with Crippen molar-refractivity contribution in [2.45, 2.75) is 6.61 Å². The van der Waals surface area contributed by atoms with Crippen molar-refractivity contribution in [1.82, 2.24) is 0 Å². The number of nitrogens with one attached hydrogen (secondary N) is 1. The van der Waals surface area contributed by atoms with Crippen LogP contribution in [-0.4, -0.2) is 13.0 Å². The average Bonchev–Trinajstić information content (AvgIpc) is 2.79. The van der Waals surface area contributed by atoms with Gasteiger partial charge in [-0.3, -0.25) is 4.79 Å². The number of rotatable bonds is 7. The first-order valence-corrected chi connectivity index (χ1v) is 11.8. The summed E-state index contributed by atoms with van der Waals surface area (Å²) in [6, 6.07) is 17.5. The SMILES string of the molecule is COc1cc(C=C(C#N)C(=O)Nc2ccc(Br)cc2)c(Br)cc1OCc1ccc(Cl)cc1Cl. The number of halogens is 4. The highest BCUT2D eigenvalue weighted by Gasteiger charge is 2.14. The molecule has 0 saturated heterocycles. The van der Waals surface area contributed by atoms with Gasteiger partial charge in [-0.1, -0.05) is 61.1 Å². The number of methoxy groups -OCH3 is 1. The lowest BCUT2D eigenvalue weighted by Crippen LogP contribution is -2.13. The first-order valence-electron chi connectivity index (χ1n) is 9.43. The smallest absolute Gasteiger partial charge is 0.266 e. The molecule has 0 aliphatic rings. The van der Waals surface area contributed by atoms with Gasteiger partial charge in [0.2, 0.25) is 0 Å². The van der Waals surface area contributed by atoms with Gasteiger partial charge in [-0.15, -0.1) is 0 Å². The van der Waals surface area contributed by atoms with Gasteiger partial charge < -0.3 is 14.8 Å². The van der Waals surface area contributed by atoms with E-state index in [9.17, 15) is 10.1 Å². The van der Waals surface area contributed by atoms with Gasteiger partial charge in [-0.2, -0.15) is 5.26 Å². The van der Waals surface area contributed by atoms with Gasteiger partial charge in [0.25, 0.3) is 5.91 Å². The molecule has 0 radical (unpaired) electrons. The van der Waals surface area contributed by atoms with Gasteiger partial charge in [0, 0.05) is 30.2 Å². The zero-order valence-electron chi connectivity index (χ0n) is 17.2. The molecule has 0 aliphatic heterocycles. The molecule has 5 nitrogen and oxygen atoms in total. The number of carbonyl (C=O) groups is 1. The minimum Gasteiger partial charge on any atom is -0.493 e. The van der Waals surface area contributed by atoms with Crippen LogP contribution in [0, 0.1) is 11.3 Å². The Labute approximate surface area is 218 Å². The van der Waals surface area contributed by atoms with E-state index in [2.05, 4.69) is 37.2 Å². The molecule has 0 saturated carbocycles. The number of nitriles is 1. The van der Waals surface area contributed by atoms with Crippen LogP contribution in [0.4, 0.5) is 5.69 Å². The normalized spacial score (nSPS) is 11.0. The molecule has 9 heteroatoms. The number of hydrogen-bond acceptors (Lipinski definition) is 4. The maximum absolute atomic E-state index is 12.6. The molecule has 3 aromatic rings. The van der Waals surface area contributed by atoms with Crippen molar-refractivity contribution < 1.29 is 14.3 Å². The van der Waals surface area contributed by atoms with Crippen LogP contribution in [0.25, 0.3) is 6.08 Å². The molecule has 168 valence electrons. The zero-order valence-corrected chi connectivity index (χ0v) is 21.8. The third-order valence-corrected chi connectivity index (χ3v) is 6.25. The number of ether oxygens (including phenoxy) is 2. The van der Waals surface area contributed by atoms with Gasteiger partial charge in [-0.25, -0.2) is 0 Å². The molecular weight excluding hydrogens is 595 g/mol. The number of hydrogen-bond donors (Lipinski definition) is 1. The minimum absolute atomic E-state index is 0.0673. The molecule has 1 N–H and O–H groups in total. The van der Waals surface area contributed by atoms with Crippen LogP contribution in [0.2, 0.25) is 10.0 Å². The highest BCUT2D eigenvalue weighted by molar-refractivity contribution is 9.10.